The topological polar surface area (TPSA) is 131 Å². The molecule has 1 fully saturated rings. The summed E-state index contributed by atoms with van der Waals surface area (Å²) >= 11 is 0. The van der Waals surface area contributed by atoms with Crippen molar-refractivity contribution >= 4 is 35.2 Å². The molecule has 1 aromatic carbocycles. The zero-order chi connectivity index (χ0) is 24.5. The molecule has 1 atom stereocenters. The van der Waals surface area contributed by atoms with E-state index in [1.807, 2.05) is 0 Å². The van der Waals surface area contributed by atoms with Crippen LogP contribution in [0.3, 0.4) is 0 Å². The molecule has 1 aromatic rings. The number of carbonyl (C=O) groups excluding carboxylic acids is 5. The second kappa shape index (κ2) is 12.2. The van der Waals surface area contributed by atoms with Crippen molar-refractivity contribution in [3.8, 4) is 0 Å². The van der Waals surface area contributed by atoms with Crippen molar-refractivity contribution in [1.82, 2.24) is 10.2 Å². The smallest absolute Gasteiger partial charge is 0.264 e. The van der Waals surface area contributed by atoms with E-state index < -0.39 is 29.7 Å². The summed E-state index contributed by atoms with van der Waals surface area (Å²) < 4.78 is 10.7. The number of hydrogen-bond acceptors (Lipinski definition) is 7. The van der Waals surface area contributed by atoms with Crippen molar-refractivity contribution in [2.24, 2.45) is 0 Å². The maximum absolute atomic E-state index is 13.0. The van der Waals surface area contributed by atoms with Crippen LogP contribution >= 0.6 is 0 Å². The molecule has 1 unspecified atom stereocenters. The standard InChI is InChI=1S/C24H29N3O7/c1-2-12-33-14-15-34-13-5-3-4-9-19(28)25-17-8-6-7-16-21(17)24(32)27(23(16)31)18-10-11-20(29)26-22(18)30/h2,6-8,18H,1,3-5,9-15H2,(H,25,28)(H,26,29,30). The molecule has 182 valence electrons. The Labute approximate surface area is 197 Å². The van der Waals surface area contributed by atoms with E-state index in [9.17, 15) is 24.0 Å². The Morgan fingerprint density at radius 2 is 1.88 bits per heavy atom. The first-order chi connectivity index (χ1) is 16.4. The molecule has 0 aromatic heterocycles. The molecule has 2 N–H and O–H groups in total. The van der Waals surface area contributed by atoms with Crippen molar-refractivity contribution in [2.45, 2.75) is 44.6 Å². The van der Waals surface area contributed by atoms with E-state index in [4.69, 9.17) is 9.47 Å². The summed E-state index contributed by atoms with van der Waals surface area (Å²) in [5, 5.41) is 4.88. The number of amides is 5. The molecule has 1 saturated heterocycles. The van der Waals surface area contributed by atoms with Gasteiger partial charge in [0.2, 0.25) is 17.7 Å². The molecule has 0 spiro atoms. The van der Waals surface area contributed by atoms with Crippen LogP contribution in [0.4, 0.5) is 5.69 Å². The highest BCUT2D eigenvalue weighted by molar-refractivity contribution is 6.26. The lowest BCUT2D eigenvalue weighted by Crippen LogP contribution is -2.54. The van der Waals surface area contributed by atoms with Crippen LogP contribution in [-0.2, 0) is 23.9 Å². The van der Waals surface area contributed by atoms with Gasteiger partial charge in [-0.25, -0.2) is 0 Å². The molecule has 5 amide bonds. The Morgan fingerprint density at radius 3 is 2.65 bits per heavy atom. The Bertz CT molecular complexity index is 975. The van der Waals surface area contributed by atoms with Crippen LogP contribution in [0.2, 0.25) is 0 Å². The number of benzene rings is 1. The van der Waals surface area contributed by atoms with Crippen LogP contribution in [0, 0.1) is 0 Å². The van der Waals surface area contributed by atoms with Gasteiger partial charge >= 0.3 is 0 Å². The minimum Gasteiger partial charge on any atom is -0.379 e. The number of rotatable bonds is 13. The molecular weight excluding hydrogens is 442 g/mol. The lowest BCUT2D eigenvalue weighted by molar-refractivity contribution is -0.136. The predicted octanol–water partition coefficient (Wildman–Crippen LogP) is 1.81. The summed E-state index contributed by atoms with van der Waals surface area (Å²) in [6.07, 6.45) is 4.30. The maximum Gasteiger partial charge on any atom is 0.264 e. The monoisotopic (exact) mass is 471 g/mol. The molecule has 10 nitrogen and oxygen atoms in total. The average Bonchev–Trinajstić information content (AvgIpc) is 3.06. The van der Waals surface area contributed by atoms with Crippen LogP contribution in [0.1, 0.15) is 59.2 Å². The first kappa shape index (κ1) is 25.3. The Kier molecular flexibility index (Phi) is 9.06. The van der Waals surface area contributed by atoms with Crippen molar-refractivity contribution in [1.29, 1.82) is 0 Å². The third-order valence-electron chi connectivity index (χ3n) is 5.54. The van der Waals surface area contributed by atoms with Crippen LogP contribution in [-0.4, -0.2) is 66.9 Å². The van der Waals surface area contributed by atoms with Crippen molar-refractivity contribution in [3.63, 3.8) is 0 Å². The quantitative estimate of drug-likeness (QED) is 0.255. The van der Waals surface area contributed by atoms with Gasteiger partial charge in [0.15, 0.2) is 0 Å². The molecule has 34 heavy (non-hydrogen) atoms. The average molecular weight is 472 g/mol. The van der Waals surface area contributed by atoms with Crippen LogP contribution < -0.4 is 10.6 Å². The lowest BCUT2D eigenvalue weighted by atomic mass is 10.0. The summed E-state index contributed by atoms with van der Waals surface area (Å²) in [5.74, 6) is -2.65. The maximum atomic E-state index is 13.0. The predicted molar refractivity (Wildman–Crippen MR) is 122 cm³/mol. The fraction of sp³-hybridized carbons (Fsp3) is 0.458. The minimum atomic E-state index is -1.05. The Morgan fingerprint density at radius 1 is 1.09 bits per heavy atom. The number of fused-ring (bicyclic) bond motifs is 1. The molecule has 2 aliphatic rings. The SMILES string of the molecule is C=CCOCCOCCCCCC(=O)Nc1cccc2c1C(=O)N(C1CCC(=O)NC1=O)C2=O. The van der Waals surface area contributed by atoms with Gasteiger partial charge in [-0.1, -0.05) is 18.6 Å². The second-order valence-electron chi connectivity index (χ2n) is 8.01. The van der Waals surface area contributed by atoms with E-state index in [0.717, 1.165) is 17.7 Å². The number of unbranched alkanes of at least 4 members (excludes halogenated alkanes) is 2. The van der Waals surface area contributed by atoms with Crippen LogP contribution in [0.5, 0.6) is 0 Å². The van der Waals surface area contributed by atoms with Gasteiger partial charge in [-0.05, 0) is 31.4 Å². The normalized spacial score (nSPS) is 17.5. The van der Waals surface area contributed by atoms with Crippen molar-refractivity contribution in [3.05, 3.63) is 42.0 Å². The van der Waals surface area contributed by atoms with E-state index >= 15 is 0 Å². The highest BCUT2D eigenvalue weighted by Gasteiger charge is 2.45. The third-order valence-corrected chi connectivity index (χ3v) is 5.54. The van der Waals surface area contributed by atoms with Gasteiger partial charge in [0.05, 0.1) is 36.6 Å². The van der Waals surface area contributed by atoms with Crippen LogP contribution in [0.25, 0.3) is 0 Å². The summed E-state index contributed by atoms with van der Waals surface area (Å²) in [6, 6.07) is 3.56. The molecule has 3 rings (SSSR count). The number of hydrogen-bond donors (Lipinski definition) is 2. The van der Waals surface area contributed by atoms with Gasteiger partial charge < -0.3 is 14.8 Å². The third kappa shape index (κ3) is 6.15. The molecular formula is C24H29N3O7. The van der Waals surface area contributed by atoms with Gasteiger partial charge in [-0.2, -0.15) is 0 Å². The van der Waals surface area contributed by atoms with Gasteiger partial charge in [0, 0.05) is 19.4 Å². The van der Waals surface area contributed by atoms with Crippen LogP contribution in [0.15, 0.2) is 30.9 Å². The number of anilines is 1. The minimum absolute atomic E-state index is 0.0432. The molecule has 2 heterocycles. The second-order valence-corrected chi connectivity index (χ2v) is 8.01. The van der Waals surface area contributed by atoms with Gasteiger partial charge in [-0.3, -0.25) is 34.2 Å². The summed E-state index contributed by atoms with van der Waals surface area (Å²) in [5.41, 5.74) is 0.429. The number of piperidine rings is 1. The van der Waals surface area contributed by atoms with E-state index in [-0.39, 0.29) is 42.0 Å². The summed E-state index contributed by atoms with van der Waals surface area (Å²) in [7, 11) is 0. The largest absolute Gasteiger partial charge is 0.379 e. The molecule has 10 heteroatoms. The van der Waals surface area contributed by atoms with E-state index in [2.05, 4.69) is 17.2 Å². The molecule has 0 aliphatic carbocycles. The van der Waals surface area contributed by atoms with Gasteiger partial charge in [-0.15, -0.1) is 6.58 Å². The summed E-state index contributed by atoms with van der Waals surface area (Å²) in [4.78, 5) is 62.8. The first-order valence-corrected chi connectivity index (χ1v) is 11.3. The molecule has 2 aliphatic heterocycles. The van der Waals surface area contributed by atoms with E-state index in [1.165, 1.54) is 6.07 Å². The van der Waals surface area contributed by atoms with Gasteiger partial charge in [0.1, 0.15) is 6.04 Å². The fourth-order valence-electron chi connectivity index (χ4n) is 3.88. The number of imide groups is 2. The van der Waals surface area contributed by atoms with Gasteiger partial charge in [0.25, 0.3) is 11.8 Å². The van der Waals surface area contributed by atoms with E-state index in [1.54, 1.807) is 18.2 Å². The first-order valence-electron chi connectivity index (χ1n) is 11.3. The Hall–Kier alpha value is -3.37. The zero-order valence-electron chi connectivity index (χ0n) is 19.0. The van der Waals surface area contributed by atoms with Crippen molar-refractivity contribution in [2.75, 3.05) is 31.7 Å². The number of carbonyl (C=O) groups is 5. The number of nitrogens with zero attached hydrogens (tertiary/aromatic N) is 1. The fourth-order valence-corrected chi connectivity index (χ4v) is 3.88. The highest BCUT2D eigenvalue weighted by Crippen LogP contribution is 2.32. The lowest BCUT2D eigenvalue weighted by Gasteiger charge is -2.27. The number of nitrogens with one attached hydrogen (secondary N) is 2. The Balaban J connectivity index is 1.49. The molecule has 0 saturated carbocycles. The zero-order valence-corrected chi connectivity index (χ0v) is 19.0. The number of ether oxygens (including phenoxy) is 2. The van der Waals surface area contributed by atoms with Crippen molar-refractivity contribution < 1.29 is 33.4 Å². The summed E-state index contributed by atoms with van der Waals surface area (Å²) in [6.45, 7) is 5.66. The highest BCUT2D eigenvalue weighted by atomic mass is 16.5. The molecule has 0 radical (unpaired) electrons. The van der Waals surface area contributed by atoms with E-state index in [0.29, 0.717) is 32.8 Å². The molecule has 0 bridgehead atoms.